The lowest BCUT2D eigenvalue weighted by Crippen LogP contribution is -2.41. The van der Waals surface area contributed by atoms with Crippen LogP contribution in [0.25, 0.3) is 0 Å². The Bertz CT molecular complexity index is 190. The molecule has 1 nitrogen and oxygen atoms in total. The zero-order valence-corrected chi connectivity index (χ0v) is 12.8. The fraction of sp³-hybridized carbons (Fsp3) is 1.00. The highest BCUT2D eigenvalue weighted by Gasteiger charge is 2.39. The van der Waals surface area contributed by atoms with Crippen LogP contribution in [0.2, 0.25) is 0 Å². The molecule has 1 fully saturated rings. The van der Waals surface area contributed by atoms with Crippen LogP contribution in [0.1, 0.15) is 53.9 Å². The third-order valence-electron chi connectivity index (χ3n) is 3.91. The molecule has 1 rings (SSSR count). The number of aliphatic hydroxyl groups is 1. The normalized spacial score (nSPS) is 34.2. The van der Waals surface area contributed by atoms with Crippen LogP contribution in [-0.4, -0.2) is 14.1 Å². The molecule has 3 atom stereocenters. The van der Waals surface area contributed by atoms with Gasteiger partial charge >= 0.3 is 0 Å². The highest BCUT2D eigenvalue weighted by molar-refractivity contribution is 14.1. The third-order valence-corrected chi connectivity index (χ3v) is 4.79. The van der Waals surface area contributed by atoms with Crippen molar-refractivity contribution < 1.29 is 5.11 Å². The minimum Gasteiger partial charge on any atom is -0.390 e. The van der Waals surface area contributed by atoms with Crippen LogP contribution >= 0.6 is 22.6 Å². The summed E-state index contributed by atoms with van der Waals surface area (Å²) in [6.07, 6.45) is 3.69. The van der Waals surface area contributed by atoms with Crippen molar-refractivity contribution in [3.63, 3.8) is 0 Å². The molecule has 0 aromatic rings. The Morgan fingerprint density at radius 3 is 1.87 bits per heavy atom. The van der Waals surface area contributed by atoms with Gasteiger partial charge in [0.05, 0.1) is 5.60 Å². The van der Waals surface area contributed by atoms with Gasteiger partial charge < -0.3 is 5.11 Å². The van der Waals surface area contributed by atoms with Gasteiger partial charge in [-0.2, -0.15) is 0 Å². The summed E-state index contributed by atoms with van der Waals surface area (Å²) < 4.78 is 0.357. The number of hydrogen-bond donors (Lipinski definition) is 1. The number of alkyl halides is 1. The van der Waals surface area contributed by atoms with Crippen molar-refractivity contribution in [2.75, 3.05) is 0 Å². The van der Waals surface area contributed by atoms with Gasteiger partial charge in [0.25, 0.3) is 0 Å². The molecule has 0 heterocycles. The van der Waals surface area contributed by atoms with Crippen molar-refractivity contribution in [1.82, 2.24) is 0 Å². The van der Waals surface area contributed by atoms with Gasteiger partial charge in [-0.1, -0.05) is 43.4 Å². The number of hydrogen-bond acceptors (Lipinski definition) is 1. The molecule has 1 N–H and O–H groups in total. The number of halogens is 1. The molecule has 15 heavy (non-hydrogen) atoms. The molecule has 3 unspecified atom stereocenters. The summed E-state index contributed by atoms with van der Waals surface area (Å²) in [5.74, 6) is 1.98. The van der Waals surface area contributed by atoms with E-state index in [1.807, 2.05) is 13.8 Å². The molecule has 2 heteroatoms. The predicted octanol–water partition coefficient (Wildman–Crippen LogP) is 4.02. The molecule has 0 saturated heterocycles. The highest BCUT2D eigenvalue weighted by Crippen LogP contribution is 2.45. The largest absolute Gasteiger partial charge is 0.390 e. The second kappa shape index (κ2) is 4.52. The Hall–Kier alpha value is 0.690. The van der Waals surface area contributed by atoms with Crippen LogP contribution in [0.15, 0.2) is 0 Å². The summed E-state index contributed by atoms with van der Waals surface area (Å²) in [5, 5.41) is 10.1. The fourth-order valence-corrected chi connectivity index (χ4v) is 3.25. The molecule has 90 valence electrons. The highest BCUT2D eigenvalue weighted by atomic mass is 127. The summed E-state index contributed by atoms with van der Waals surface area (Å²) in [6.45, 7) is 10.9. The minimum atomic E-state index is -0.505. The van der Waals surface area contributed by atoms with Gasteiger partial charge in [0.1, 0.15) is 0 Å². The van der Waals surface area contributed by atoms with Crippen molar-refractivity contribution in [2.45, 2.75) is 62.9 Å². The van der Waals surface area contributed by atoms with Gasteiger partial charge in [-0.05, 0) is 50.9 Å². The molecule has 0 spiro atoms. The molecule has 0 amide bonds. The molecule has 1 saturated carbocycles. The first-order chi connectivity index (χ1) is 6.60. The Kier molecular flexibility index (Phi) is 4.14. The van der Waals surface area contributed by atoms with Crippen LogP contribution in [0.4, 0.5) is 0 Å². The smallest absolute Gasteiger partial charge is 0.0620 e. The van der Waals surface area contributed by atoms with E-state index in [1.165, 1.54) is 19.3 Å². The number of rotatable bonds is 2. The van der Waals surface area contributed by atoms with Crippen molar-refractivity contribution in [3.8, 4) is 0 Å². The monoisotopic (exact) mass is 324 g/mol. The zero-order valence-electron chi connectivity index (χ0n) is 10.7. The first-order valence-corrected chi connectivity index (χ1v) is 7.10. The molecule has 0 aliphatic heterocycles. The van der Waals surface area contributed by atoms with E-state index in [1.54, 1.807) is 0 Å². The van der Waals surface area contributed by atoms with Crippen molar-refractivity contribution in [1.29, 1.82) is 0 Å². The first kappa shape index (κ1) is 13.8. The summed E-state index contributed by atoms with van der Waals surface area (Å²) in [5.41, 5.74) is -0.505. The summed E-state index contributed by atoms with van der Waals surface area (Å²) >= 11 is 2.56. The van der Waals surface area contributed by atoms with Gasteiger partial charge in [-0.25, -0.2) is 0 Å². The molecule has 0 aromatic heterocycles. The van der Waals surface area contributed by atoms with Crippen molar-refractivity contribution >= 4 is 22.6 Å². The van der Waals surface area contributed by atoms with Crippen LogP contribution in [0.3, 0.4) is 0 Å². The van der Waals surface area contributed by atoms with E-state index in [-0.39, 0.29) is 0 Å². The zero-order chi connectivity index (χ0) is 11.9. The Balaban J connectivity index is 2.73. The molecule has 1 aliphatic carbocycles. The minimum absolute atomic E-state index is 0.357. The Morgan fingerprint density at radius 1 is 1.00 bits per heavy atom. The maximum Gasteiger partial charge on any atom is 0.0620 e. The Morgan fingerprint density at radius 2 is 1.47 bits per heavy atom. The quantitative estimate of drug-likeness (QED) is 0.601. The molecule has 0 aromatic carbocycles. The van der Waals surface area contributed by atoms with Crippen molar-refractivity contribution in [2.24, 2.45) is 17.8 Å². The first-order valence-electron chi connectivity index (χ1n) is 6.02. The lowest BCUT2D eigenvalue weighted by atomic mass is 9.67. The van der Waals surface area contributed by atoms with Gasteiger partial charge in [0, 0.05) is 3.42 Å². The van der Waals surface area contributed by atoms with E-state index >= 15 is 0 Å². The van der Waals surface area contributed by atoms with Crippen LogP contribution < -0.4 is 0 Å². The standard InChI is InChI=1S/C13H25IO/c1-9-6-10(12(2,3)14)8-11(7-9)13(4,5)15/h9-11,15H,6-8H2,1-5H3. The maximum absolute atomic E-state index is 10.1. The molecule has 0 radical (unpaired) electrons. The van der Waals surface area contributed by atoms with E-state index in [2.05, 4.69) is 43.4 Å². The average Bonchev–Trinajstić information content (AvgIpc) is 1.99. The average molecular weight is 324 g/mol. The summed E-state index contributed by atoms with van der Waals surface area (Å²) in [6, 6.07) is 0. The lowest BCUT2D eigenvalue weighted by molar-refractivity contribution is -0.0225. The maximum atomic E-state index is 10.1. The van der Waals surface area contributed by atoms with Gasteiger partial charge in [-0.15, -0.1) is 0 Å². The summed E-state index contributed by atoms with van der Waals surface area (Å²) in [4.78, 5) is 0. The van der Waals surface area contributed by atoms with E-state index in [4.69, 9.17) is 0 Å². The molecule has 0 bridgehead atoms. The second-order valence-corrected chi connectivity index (χ2v) is 9.20. The SMILES string of the molecule is CC1CC(C(C)(C)O)CC(C(C)(C)I)C1. The fourth-order valence-electron chi connectivity index (χ4n) is 2.74. The van der Waals surface area contributed by atoms with Crippen LogP contribution in [0, 0.1) is 17.8 Å². The van der Waals surface area contributed by atoms with Crippen molar-refractivity contribution in [3.05, 3.63) is 0 Å². The van der Waals surface area contributed by atoms with E-state index in [9.17, 15) is 5.11 Å². The third kappa shape index (κ3) is 3.88. The van der Waals surface area contributed by atoms with E-state index in [0.717, 1.165) is 11.8 Å². The van der Waals surface area contributed by atoms with Crippen LogP contribution in [-0.2, 0) is 0 Å². The van der Waals surface area contributed by atoms with Crippen LogP contribution in [0.5, 0.6) is 0 Å². The Labute approximate surface area is 108 Å². The predicted molar refractivity (Wildman–Crippen MR) is 74.4 cm³/mol. The second-order valence-electron chi connectivity index (χ2n) is 6.42. The van der Waals surface area contributed by atoms with Gasteiger partial charge in [0.2, 0.25) is 0 Å². The van der Waals surface area contributed by atoms with Gasteiger partial charge in [-0.3, -0.25) is 0 Å². The topological polar surface area (TPSA) is 20.2 Å². The van der Waals surface area contributed by atoms with Gasteiger partial charge in [0.15, 0.2) is 0 Å². The molecular formula is C13H25IO. The summed E-state index contributed by atoms with van der Waals surface area (Å²) in [7, 11) is 0. The lowest BCUT2D eigenvalue weighted by Gasteiger charge is -2.43. The molecular weight excluding hydrogens is 299 g/mol. The molecule has 1 aliphatic rings. The van der Waals surface area contributed by atoms with E-state index in [0.29, 0.717) is 9.34 Å². The van der Waals surface area contributed by atoms with E-state index < -0.39 is 5.60 Å².